The van der Waals surface area contributed by atoms with Crippen molar-refractivity contribution in [3.05, 3.63) is 87.3 Å². The standard InChI is InChI=1S/C36H40F3N7O2/c1-3-44(4-2)16-11-26-21-28-23-41-35(42-29-9-10-32(31(22-29)36(37,38)39)45-17-14-40-15-18-45)43-33(28)46(34(26)47)24-27-7-5-6-8-30(27)25-12-19-48-20-13-25/h5-10,21-23,25,40H,3-4,12-15,17-20,24H2,1-2H3,(H,41,42,43). The number of hydrogen-bond acceptors (Lipinski definition) is 8. The zero-order valence-electron chi connectivity index (χ0n) is 27.2. The van der Waals surface area contributed by atoms with Crippen molar-refractivity contribution in [3.8, 4) is 12.0 Å². The zero-order valence-corrected chi connectivity index (χ0v) is 27.2. The molecule has 0 unspecified atom stereocenters. The van der Waals surface area contributed by atoms with E-state index in [0.29, 0.717) is 75.0 Å². The van der Waals surface area contributed by atoms with Gasteiger partial charge in [0, 0.05) is 81.5 Å². The van der Waals surface area contributed by atoms with Crippen LogP contribution in [0, 0.1) is 12.0 Å². The second-order valence-electron chi connectivity index (χ2n) is 12.0. The first-order chi connectivity index (χ1) is 23.2. The van der Waals surface area contributed by atoms with Crippen LogP contribution in [-0.4, -0.2) is 71.9 Å². The molecule has 4 aromatic rings. The third-order valence-corrected chi connectivity index (χ3v) is 9.00. The quantitative estimate of drug-likeness (QED) is 0.188. The van der Waals surface area contributed by atoms with Gasteiger partial charge in [-0.3, -0.25) is 9.36 Å². The van der Waals surface area contributed by atoms with Gasteiger partial charge in [0.05, 0.1) is 17.7 Å². The number of anilines is 3. The molecule has 4 heterocycles. The van der Waals surface area contributed by atoms with E-state index in [1.807, 2.05) is 36.9 Å². The first-order valence-electron chi connectivity index (χ1n) is 16.5. The van der Waals surface area contributed by atoms with Gasteiger partial charge in [0.25, 0.3) is 5.56 Å². The van der Waals surface area contributed by atoms with E-state index in [2.05, 4.69) is 33.6 Å². The second-order valence-corrected chi connectivity index (χ2v) is 12.0. The maximum Gasteiger partial charge on any atom is 0.418 e. The number of nitrogens with one attached hydrogen (secondary N) is 2. The summed E-state index contributed by atoms with van der Waals surface area (Å²) < 4.78 is 49.9. The van der Waals surface area contributed by atoms with Crippen LogP contribution in [0.25, 0.3) is 11.0 Å². The summed E-state index contributed by atoms with van der Waals surface area (Å²) in [6.07, 6.45) is -1.19. The van der Waals surface area contributed by atoms with Crippen molar-refractivity contribution in [2.24, 2.45) is 0 Å². The highest BCUT2D eigenvalue weighted by atomic mass is 19.4. The molecule has 2 aromatic carbocycles. The average Bonchev–Trinajstić information content (AvgIpc) is 3.11. The Labute approximate surface area is 278 Å². The summed E-state index contributed by atoms with van der Waals surface area (Å²) in [5.74, 6) is 3.45. The third kappa shape index (κ3) is 7.42. The smallest absolute Gasteiger partial charge is 0.381 e. The number of halogens is 3. The van der Waals surface area contributed by atoms with Crippen LogP contribution in [0.2, 0.25) is 0 Å². The maximum atomic E-state index is 14.2. The van der Waals surface area contributed by atoms with E-state index in [1.165, 1.54) is 6.07 Å². The van der Waals surface area contributed by atoms with Crippen molar-refractivity contribution in [1.29, 1.82) is 0 Å². The van der Waals surface area contributed by atoms with Gasteiger partial charge >= 0.3 is 6.18 Å². The molecule has 0 spiro atoms. The summed E-state index contributed by atoms with van der Waals surface area (Å²) in [6, 6.07) is 17.0. The molecule has 2 saturated heterocycles. The molecule has 0 atom stereocenters. The van der Waals surface area contributed by atoms with Crippen LogP contribution in [0.4, 0.5) is 30.5 Å². The van der Waals surface area contributed by atoms with Crippen molar-refractivity contribution >= 4 is 28.4 Å². The molecule has 2 aliphatic rings. The van der Waals surface area contributed by atoms with E-state index in [1.54, 1.807) is 27.8 Å². The molecular formula is C36H40F3N7O2. The largest absolute Gasteiger partial charge is 0.418 e. The van der Waals surface area contributed by atoms with Crippen molar-refractivity contribution in [2.75, 3.05) is 62.7 Å². The van der Waals surface area contributed by atoms with Crippen molar-refractivity contribution in [1.82, 2.24) is 24.8 Å². The number of piperazine rings is 1. The minimum absolute atomic E-state index is 0.0818. The lowest BCUT2D eigenvalue weighted by Gasteiger charge is -2.31. The van der Waals surface area contributed by atoms with E-state index in [4.69, 9.17) is 9.72 Å². The van der Waals surface area contributed by atoms with Crippen LogP contribution in [0.5, 0.6) is 0 Å². The Morgan fingerprint density at radius 1 is 1.06 bits per heavy atom. The van der Waals surface area contributed by atoms with Gasteiger partial charge in [-0.25, -0.2) is 4.98 Å². The maximum absolute atomic E-state index is 14.2. The van der Waals surface area contributed by atoms with Crippen LogP contribution >= 0.6 is 0 Å². The minimum atomic E-state index is -4.55. The van der Waals surface area contributed by atoms with E-state index in [0.717, 1.165) is 30.0 Å². The van der Waals surface area contributed by atoms with Gasteiger partial charge in [-0.1, -0.05) is 24.3 Å². The van der Waals surface area contributed by atoms with Gasteiger partial charge in [0.15, 0.2) is 0 Å². The first-order valence-corrected chi connectivity index (χ1v) is 16.5. The van der Waals surface area contributed by atoms with E-state index < -0.39 is 11.7 Å². The highest BCUT2D eigenvalue weighted by molar-refractivity contribution is 5.78. The van der Waals surface area contributed by atoms with Crippen molar-refractivity contribution < 1.29 is 17.9 Å². The monoisotopic (exact) mass is 659 g/mol. The number of nitrogens with zero attached hydrogens (tertiary/aromatic N) is 5. The summed E-state index contributed by atoms with van der Waals surface area (Å²) in [6.45, 7) is 9.27. The molecule has 0 bridgehead atoms. The molecular weight excluding hydrogens is 619 g/mol. The number of alkyl halides is 3. The van der Waals surface area contributed by atoms with Gasteiger partial charge in [0.1, 0.15) is 5.65 Å². The fourth-order valence-electron chi connectivity index (χ4n) is 6.38. The topological polar surface area (TPSA) is 87.6 Å². The van der Waals surface area contributed by atoms with Gasteiger partial charge in [-0.05, 0) is 73.9 Å². The fraction of sp³-hybridized carbons (Fsp3) is 0.417. The Kier molecular flexibility index (Phi) is 10.2. The molecule has 2 fully saturated rings. The number of ether oxygens (including phenoxy) is 1. The molecule has 12 heteroatoms. The van der Waals surface area contributed by atoms with Crippen LogP contribution in [0.15, 0.2) is 59.5 Å². The van der Waals surface area contributed by atoms with Crippen molar-refractivity contribution in [3.63, 3.8) is 0 Å². The van der Waals surface area contributed by atoms with Gasteiger partial charge in [-0.2, -0.15) is 18.2 Å². The second kappa shape index (κ2) is 14.7. The van der Waals surface area contributed by atoms with E-state index in [-0.39, 0.29) is 29.4 Å². The molecule has 0 saturated carbocycles. The Morgan fingerprint density at radius 3 is 2.54 bits per heavy atom. The Morgan fingerprint density at radius 2 is 1.81 bits per heavy atom. The molecule has 9 nitrogen and oxygen atoms in total. The molecule has 48 heavy (non-hydrogen) atoms. The third-order valence-electron chi connectivity index (χ3n) is 9.00. The van der Waals surface area contributed by atoms with Crippen LogP contribution in [0.3, 0.4) is 0 Å². The highest BCUT2D eigenvalue weighted by Gasteiger charge is 2.35. The number of rotatable bonds is 8. The zero-order chi connectivity index (χ0) is 33.7. The summed E-state index contributed by atoms with van der Waals surface area (Å²) in [5, 5.41) is 6.73. The van der Waals surface area contributed by atoms with Crippen molar-refractivity contribution in [2.45, 2.75) is 45.3 Å². The van der Waals surface area contributed by atoms with Gasteiger partial charge in [0.2, 0.25) is 5.95 Å². The van der Waals surface area contributed by atoms with Crippen LogP contribution in [-0.2, 0) is 17.5 Å². The molecule has 0 aliphatic carbocycles. The molecule has 2 aliphatic heterocycles. The molecule has 6 rings (SSSR count). The van der Waals surface area contributed by atoms with Gasteiger partial charge < -0.3 is 25.2 Å². The number of benzene rings is 2. The Balaban J connectivity index is 1.41. The first kappa shape index (κ1) is 33.3. The minimum Gasteiger partial charge on any atom is -0.381 e. The Bertz CT molecular complexity index is 1870. The predicted molar refractivity (Wildman–Crippen MR) is 182 cm³/mol. The average molecular weight is 660 g/mol. The number of hydrogen-bond donors (Lipinski definition) is 2. The predicted octanol–water partition coefficient (Wildman–Crippen LogP) is 5.56. The summed E-state index contributed by atoms with van der Waals surface area (Å²) >= 11 is 0. The van der Waals surface area contributed by atoms with Gasteiger partial charge in [-0.15, -0.1) is 0 Å². The lowest BCUT2D eigenvalue weighted by molar-refractivity contribution is -0.137. The highest BCUT2D eigenvalue weighted by Crippen LogP contribution is 2.39. The Hall–Kier alpha value is -4.60. The molecule has 2 aromatic heterocycles. The molecule has 0 amide bonds. The summed E-state index contributed by atoms with van der Waals surface area (Å²) in [4.78, 5) is 26.9. The lowest BCUT2D eigenvalue weighted by atomic mass is 9.88. The van der Waals surface area contributed by atoms with E-state index in [9.17, 15) is 18.0 Å². The summed E-state index contributed by atoms with van der Waals surface area (Å²) in [5.41, 5.74) is 2.15. The van der Waals surface area contributed by atoms with Crippen LogP contribution in [0.1, 0.15) is 54.9 Å². The number of pyridine rings is 1. The lowest BCUT2D eigenvalue weighted by Crippen LogP contribution is -2.44. The van der Waals surface area contributed by atoms with Crippen LogP contribution < -0.4 is 21.1 Å². The number of aromatic nitrogens is 3. The molecule has 2 N–H and O–H groups in total. The molecule has 252 valence electrons. The SMILES string of the molecule is CCN(C#Cc1cc2cnc(Nc3ccc(N4CCNCC4)c(C(F)(F)F)c3)nc2n(Cc2ccccc2C2CCOCC2)c1=O)CC. The fourth-order valence-corrected chi connectivity index (χ4v) is 6.38. The summed E-state index contributed by atoms with van der Waals surface area (Å²) in [7, 11) is 0. The normalized spacial score (nSPS) is 15.6. The molecule has 0 radical (unpaired) electrons. The van der Waals surface area contributed by atoms with E-state index >= 15 is 0 Å². The number of fused-ring (bicyclic) bond motifs is 1.